The highest BCUT2D eigenvalue weighted by atomic mass is 32.2. The lowest BCUT2D eigenvalue weighted by Gasteiger charge is -2.12. The van der Waals surface area contributed by atoms with Crippen LogP contribution >= 0.6 is 0 Å². The number of hydrogen-bond donors (Lipinski definition) is 3. The average molecular weight is 375 g/mol. The van der Waals surface area contributed by atoms with Gasteiger partial charge in [0.15, 0.2) is 5.76 Å². The molecule has 1 aliphatic carbocycles. The molecule has 0 saturated heterocycles. The summed E-state index contributed by atoms with van der Waals surface area (Å²) in [7, 11) is -3.94. The fourth-order valence-corrected chi connectivity index (χ4v) is 3.74. The Morgan fingerprint density at radius 1 is 1.42 bits per heavy atom. The summed E-state index contributed by atoms with van der Waals surface area (Å²) in [5.74, 6) is -0.0837. The fraction of sp³-hybridized carbons (Fsp3) is 0.312. The Balaban J connectivity index is 1.78. The minimum absolute atomic E-state index is 0.0194. The SMILES string of the molecule is Cc1cc(CNC(=O)c2cc(S(=O)(=O)NC3(C#N)CC3)ccc2N)on1. The summed E-state index contributed by atoms with van der Waals surface area (Å²) in [5.41, 5.74) is 5.59. The molecule has 1 amide bonds. The van der Waals surface area contributed by atoms with Gasteiger partial charge in [-0.1, -0.05) is 5.16 Å². The Kier molecular flexibility index (Phi) is 4.43. The van der Waals surface area contributed by atoms with Crippen molar-refractivity contribution in [3.8, 4) is 6.07 Å². The Bertz CT molecular complexity index is 1000. The molecule has 0 bridgehead atoms. The maximum atomic E-state index is 12.5. The first-order valence-electron chi connectivity index (χ1n) is 7.80. The number of carbonyl (C=O) groups is 1. The highest BCUT2D eigenvalue weighted by Crippen LogP contribution is 2.36. The second kappa shape index (κ2) is 6.44. The summed E-state index contributed by atoms with van der Waals surface area (Å²) in [4.78, 5) is 12.2. The molecule has 3 rings (SSSR count). The Morgan fingerprint density at radius 2 is 2.15 bits per heavy atom. The minimum atomic E-state index is -3.94. The van der Waals surface area contributed by atoms with E-state index in [9.17, 15) is 13.2 Å². The van der Waals surface area contributed by atoms with Gasteiger partial charge < -0.3 is 15.6 Å². The number of aromatic nitrogens is 1. The van der Waals surface area contributed by atoms with Gasteiger partial charge in [-0.25, -0.2) is 8.42 Å². The zero-order valence-corrected chi connectivity index (χ0v) is 14.8. The van der Waals surface area contributed by atoms with Gasteiger partial charge in [-0.3, -0.25) is 4.79 Å². The first-order valence-corrected chi connectivity index (χ1v) is 9.28. The van der Waals surface area contributed by atoms with Crippen LogP contribution in [-0.2, 0) is 16.6 Å². The number of carbonyl (C=O) groups excluding carboxylic acids is 1. The molecule has 1 aromatic carbocycles. The van der Waals surface area contributed by atoms with Crippen LogP contribution in [0.25, 0.3) is 0 Å². The summed E-state index contributed by atoms with van der Waals surface area (Å²) in [5, 5.41) is 15.4. The molecule has 0 aliphatic heterocycles. The van der Waals surface area contributed by atoms with Crippen LogP contribution in [-0.4, -0.2) is 25.0 Å². The predicted molar refractivity (Wildman–Crippen MR) is 91.2 cm³/mol. The van der Waals surface area contributed by atoms with Crippen molar-refractivity contribution in [1.82, 2.24) is 15.2 Å². The molecule has 0 spiro atoms. The van der Waals surface area contributed by atoms with Crippen LogP contribution in [0.3, 0.4) is 0 Å². The normalized spacial score (nSPS) is 15.2. The van der Waals surface area contributed by atoms with E-state index in [1.807, 2.05) is 6.07 Å². The number of nitrogen functional groups attached to an aromatic ring is 1. The van der Waals surface area contributed by atoms with Gasteiger partial charge in [0.25, 0.3) is 5.91 Å². The molecule has 0 atom stereocenters. The van der Waals surface area contributed by atoms with E-state index in [1.54, 1.807) is 13.0 Å². The van der Waals surface area contributed by atoms with Gasteiger partial charge in [0.1, 0.15) is 5.54 Å². The number of aryl methyl sites for hydroxylation is 1. The monoisotopic (exact) mass is 375 g/mol. The molecular formula is C16H17N5O4S. The predicted octanol–water partition coefficient (Wildman–Crippen LogP) is 0.830. The molecular weight excluding hydrogens is 358 g/mol. The smallest absolute Gasteiger partial charge is 0.253 e. The lowest BCUT2D eigenvalue weighted by atomic mass is 10.1. The van der Waals surface area contributed by atoms with Crippen LogP contribution in [0.2, 0.25) is 0 Å². The zero-order chi connectivity index (χ0) is 18.9. The van der Waals surface area contributed by atoms with E-state index in [4.69, 9.17) is 15.5 Å². The number of benzene rings is 1. The third-order valence-corrected chi connectivity index (χ3v) is 5.51. The summed E-state index contributed by atoms with van der Waals surface area (Å²) >= 11 is 0. The molecule has 4 N–H and O–H groups in total. The van der Waals surface area contributed by atoms with Crippen molar-refractivity contribution >= 4 is 21.6 Å². The van der Waals surface area contributed by atoms with Crippen molar-refractivity contribution in [2.24, 2.45) is 0 Å². The first kappa shape index (κ1) is 17.9. The van der Waals surface area contributed by atoms with E-state index >= 15 is 0 Å². The number of rotatable bonds is 6. The molecule has 1 heterocycles. The topological polar surface area (TPSA) is 151 Å². The summed E-state index contributed by atoms with van der Waals surface area (Å²) in [6.07, 6.45) is 0.920. The number of nitrogens with one attached hydrogen (secondary N) is 2. The number of sulfonamides is 1. The van der Waals surface area contributed by atoms with E-state index < -0.39 is 21.5 Å². The second-order valence-electron chi connectivity index (χ2n) is 6.17. The maximum absolute atomic E-state index is 12.5. The fourth-order valence-electron chi connectivity index (χ4n) is 2.34. The van der Waals surface area contributed by atoms with Gasteiger partial charge in [-0.2, -0.15) is 9.98 Å². The Labute approximate surface area is 150 Å². The van der Waals surface area contributed by atoms with Gasteiger partial charge >= 0.3 is 0 Å². The molecule has 9 nitrogen and oxygen atoms in total. The van der Waals surface area contributed by atoms with Crippen LogP contribution in [0.15, 0.2) is 33.7 Å². The molecule has 0 unspecified atom stereocenters. The minimum Gasteiger partial charge on any atom is -0.398 e. The molecule has 0 radical (unpaired) electrons. The van der Waals surface area contributed by atoms with E-state index in [0.717, 1.165) is 0 Å². The molecule has 1 saturated carbocycles. The number of anilines is 1. The third kappa shape index (κ3) is 3.68. The summed E-state index contributed by atoms with van der Waals surface area (Å²) in [6.45, 7) is 1.84. The average Bonchev–Trinajstić information content (AvgIpc) is 3.23. The Hall–Kier alpha value is -2.90. The standard InChI is InChI=1S/C16H17N5O4S/c1-10-6-11(25-20-10)8-19-15(22)13-7-12(2-3-14(13)18)26(23,24)21-16(9-17)4-5-16/h2-3,6-7,21H,4-5,8,18H2,1H3,(H,19,22). The number of nitriles is 1. The largest absolute Gasteiger partial charge is 0.398 e. The molecule has 1 fully saturated rings. The molecule has 10 heteroatoms. The van der Waals surface area contributed by atoms with E-state index in [0.29, 0.717) is 24.3 Å². The number of amides is 1. The molecule has 1 aliphatic rings. The third-order valence-electron chi connectivity index (χ3n) is 3.97. The van der Waals surface area contributed by atoms with Crippen molar-refractivity contribution in [3.05, 3.63) is 41.3 Å². The van der Waals surface area contributed by atoms with Gasteiger partial charge in [-0.05, 0) is 38.0 Å². The van der Waals surface area contributed by atoms with Crippen molar-refractivity contribution in [1.29, 1.82) is 5.26 Å². The van der Waals surface area contributed by atoms with Crippen LogP contribution < -0.4 is 15.8 Å². The van der Waals surface area contributed by atoms with Crippen LogP contribution in [0.4, 0.5) is 5.69 Å². The first-order chi connectivity index (χ1) is 12.2. The van der Waals surface area contributed by atoms with Gasteiger partial charge in [-0.15, -0.1) is 0 Å². The maximum Gasteiger partial charge on any atom is 0.253 e. The summed E-state index contributed by atoms with van der Waals surface area (Å²) in [6, 6.07) is 7.45. The van der Waals surface area contributed by atoms with Crippen molar-refractivity contribution in [3.63, 3.8) is 0 Å². The number of hydrogen-bond acceptors (Lipinski definition) is 7. The molecule has 2 aromatic rings. The van der Waals surface area contributed by atoms with Gasteiger partial charge in [0, 0.05) is 11.8 Å². The highest BCUT2D eigenvalue weighted by Gasteiger charge is 2.46. The quantitative estimate of drug-likeness (QED) is 0.632. The highest BCUT2D eigenvalue weighted by molar-refractivity contribution is 7.89. The van der Waals surface area contributed by atoms with Crippen molar-refractivity contribution in [2.75, 3.05) is 5.73 Å². The number of nitrogens with zero attached hydrogens (tertiary/aromatic N) is 2. The van der Waals surface area contributed by atoms with Crippen molar-refractivity contribution in [2.45, 2.75) is 36.7 Å². The summed E-state index contributed by atoms with van der Waals surface area (Å²) < 4.78 is 32.3. The van der Waals surface area contributed by atoms with E-state index in [2.05, 4.69) is 15.2 Å². The lowest BCUT2D eigenvalue weighted by Crippen LogP contribution is -2.35. The Morgan fingerprint density at radius 3 is 2.73 bits per heavy atom. The van der Waals surface area contributed by atoms with Crippen LogP contribution in [0.1, 0.15) is 34.7 Å². The van der Waals surface area contributed by atoms with Crippen LogP contribution in [0, 0.1) is 18.3 Å². The van der Waals surface area contributed by atoms with Gasteiger partial charge in [0.05, 0.1) is 28.8 Å². The number of nitrogens with two attached hydrogens (primary N) is 1. The second-order valence-corrected chi connectivity index (χ2v) is 7.85. The molecule has 1 aromatic heterocycles. The van der Waals surface area contributed by atoms with E-state index in [-0.39, 0.29) is 22.7 Å². The van der Waals surface area contributed by atoms with Gasteiger partial charge in [0.2, 0.25) is 10.0 Å². The van der Waals surface area contributed by atoms with Crippen LogP contribution in [0.5, 0.6) is 0 Å². The lowest BCUT2D eigenvalue weighted by molar-refractivity contribution is 0.0947. The molecule has 26 heavy (non-hydrogen) atoms. The molecule has 136 valence electrons. The zero-order valence-electron chi connectivity index (χ0n) is 13.9. The van der Waals surface area contributed by atoms with E-state index in [1.165, 1.54) is 18.2 Å². The van der Waals surface area contributed by atoms with Crippen molar-refractivity contribution < 1.29 is 17.7 Å².